The van der Waals surface area contributed by atoms with Gasteiger partial charge in [-0.1, -0.05) is 6.07 Å². The van der Waals surface area contributed by atoms with E-state index in [1.165, 1.54) is 13.2 Å². The van der Waals surface area contributed by atoms with Crippen molar-refractivity contribution in [2.75, 3.05) is 7.11 Å². The lowest BCUT2D eigenvalue weighted by Gasteiger charge is -2.22. The van der Waals surface area contributed by atoms with Gasteiger partial charge in [-0.2, -0.15) is 0 Å². The summed E-state index contributed by atoms with van der Waals surface area (Å²) in [5.41, 5.74) is 6.86. The molecule has 78 valence electrons. The van der Waals surface area contributed by atoms with Gasteiger partial charge < -0.3 is 10.5 Å². The first-order valence-corrected chi connectivity index (χ1v) is 4.49. The summed E-state index contributed by atoms with van der Waals surface area (Å²) in [5, 5.41) is 0. The van der Waals surface area contributed by atoms with Gasteiger partial charge in [0.05, 0.1) is 7.11 Å². The molecule has 0 spiro atoms. The highest BCUT2D eigenvalue weighted by atomic mass is 19.1. The average Bonchev–Trinajstić information content (AvgIpc) is 2.01. The van der Waals surface area contributed by atoms with E-state index < -0.39 is 5.54 Å². The molecule has 0 aliphatic rings. The van der Waals surface area contributed by atoms with Gasteiger partial charge in [0.15, 0.2) is 11.6 Å². The van der Waals surface area contributed by atoms with Crippen LogP contribution in [0.1, 0.15) is 25.0 Å². The van der Waals surface area contributed by atoms with Gasteiger partial charge in [-0.3, -0.25) is 0 Å². The van der Waals surface area contributed by atoms with Crippen LogP contribution >= 0.6 is 0 Å². The number of rotatable bonds is 2. The van der Waals surface area contributed by atoms with Crippen molar-refractivity contribution in [3.8, 4) is 5.75 Å². The SMILES string of the molecule is COc1c(F)cc(C)cc1C(C)(C)N. The number of halogens is 1. The zero-order chi connectivity index (χ0) is 10.9. The summed E-state index contributed by atoms with van der Waals surface area (Å²) in [6.07, 6.45) is 0. The lowest BCUT2D eigenvalue weighted by Crippen LogP contribution is -2.29. The fraction of sp³-hybridized carbons (Fsp3) is 0.455. The molecule has 3 heteroatoms. The third kappa shape index (κ3) is 2.04. The Bertz CT molecular complexity index is 342. The normalized spacial score (nSPS) is 11.6. The van der Waals surface area contributed by atoms with Gasteiger partial charge in [-0.15, -0.1) is 0 Å². The molecule has 0 aliphatic carbocycles. The van der Waals surface area contributed by atoms with Crippen LogP contribution in [0.2, 0.25) is 0 Å². The minimum Gasteiger partial charge on any atom is -0.493 e. The fourth-order valence-corrected chi connectivity index (χ4v) is 1.42. The highest BCUT2D eigenvalue weighted by molar-refractivity contribution is 5.42. The van der Waals surface area contributed by atoms with E-state index in [9.17, 15) is 4.39 Å². The van der Waals surface area contributed by atoms with Crippen LogP contribution in [0.3, 0.4) is 0 Å². The minimum absolute atomic E-state index is 0.239. The molecule has 2 N–H and O–H groups in total. The Morgan fingerprint density at radius 3 is 2.36 bits per heavy atom. The van der Waals surface area contributed by atoms with Crippen molar-refractivity contribution in [2.24, 2.45) is 5.73 Å². The highest BCUT2D eigenvalue weighted by Gasteiger charge is 2.22. The molecule has 0 bridgehead atoms. The Labute approximate surface area is 83.9 Å². The average molecular weight is 197 g/mol. The maximum atomic E-state index is 13.5. The summed E-state index contributed by atoms with van der Waals surface area (Å²) in [7, 11) is 1.45. The molecule has 0 heterocycles. The number of methoxy groups -OCH3 is 1. The van der Waals surface area contributed by atoms with Crippen molar-refractivity contribution in [2.45, 2.75) is 26.3 Å². The molecule has 0 unspecified atom stereocenters. The Hall–Kier alpha value is -1.09. The van der Waals surface area contributed by atoms with E-state index >= 15 is 0 Å². The largest absolute Gasteiger partial charge is 0.493 e. The Balaban J connectivity index is 3.40. The lowest BCUT2D eigenvalue weighted by atomic mass is 9.93. The molecule has 2 nitrogen and oxygen atoms in total. The van der Waals surface area contributed by atoms with Crippen LogP contribution in [0.25, 0.3) is 0 Å². The molecule has 0 aliphatic heterocycles. The number of aryl methyl sites for hydroxylation is 1. The molecule has 14 heavy (non-hydrogen) atoms. The quantitative estimate of drug-likeness (QED) is 0.789. The summed E-state index contributed by atoms with van der Waals surface area (Å²) in [6.45, 7) is 5.48. The predicted molar refractivity (Wildman–Crippen MR) is 54.9 cm³/mol. The first-order valence-electron chi connectivity index (χ1n) is 4.49. The van der Waals surface area contributed by atoms with E-state index in [-0.39, 0.29) is 11.6 Å². The zero-order valence-corrected chi connectivity index (χ0v) is 9.02. The van der Waals surface area contributed by atoms with Gasteiger partial charge in [0.1, 0.15) is 0 Å². The van der Waals surface area contributed by atoms with Crippen LogP contribution in [0.4, 0.5) is 4.39 Å². The minimum atomic E-state index is -0.599. The van der Waals surface area contributed by atoms with E-state index in [4.69, 9.17) is 10.5 Å². The fourth-order valence-electron chi connectivity index (χ4n) is 1.42. The van der Waals surface area contributed by atoms with E-state index in [2.05, 4.69) is 0 Å². The molecule has 0 aromatic heterocycles. The smallest absolute Gasteiger partial charge is 0.165 e. The van der Waals surface area contributed by atoms with Crippen molar-refractivity contribution < 1.29 is 9.13 Å². The first kappa shape index (κ1) is 11.0. The van der Waals surface area contributed by atoms with E-state index in [1.54, 1.807) is 0 Å². The van der Waals surface area contributed by atoms with Crippen molar-refractivity contribution in [3.63, 3.8) is 0 Å². The summed E-state index contributed by atoms with van der Waals surface area (Å²) < 4.78 is 18.5. The molecule has 0 amide bonds. The summed E-state index contributed by atoms with van der Waals surface area (Å²) in [4.78, 5) is 0. The molecule has 0 saturated heterocycles. The number of nitrogens with two attached hydrogens (primary N) is 1. The summed E-state index contributed by atoms with van der Waals surface area (Å²) in [6, 6.07) is 3.29. The van der Waals surface area contributed by atoms with Crippen molar-refractivity contribution in [1.82, 2.24) is 0 Å². The topological polar surface area (TPSA) is 35.2 Å². The number of hydrogen-bond donors (Lipinski definition) is 1. The molecule has 1 rings (SSSR count). The zero-order valence-electron chi connectivity index (χ0n) is 9.02. The monoisotopic (exact) mass is 197 g/mol. The van der Waals surface area contributed by atoms with Crippen LogP contribution in [0.5, 0.6) is 5.75 Å². The molecule has 1 aromatic carbocycles. The Morgan fingerprint density at radius 2 is 1.93 bits per heavy atom. The van der Waals surface area contributed by atoms with Crippen molar-refractivity contribution in [1.29, 1.82) is 0 Å². The molecular formula is C11H16FNO. The van der Waals surface area contributed by atoms with E-state index in [1.807, 2.05) is 26.8 Å². The Kier molecular flexibility index (Phi) is 2.81. The van der Waals surface area contributed by atoms with E-state index in [0.717, 1.165) is 5.56 Å². The maximum absolute atomic E-state index is 13.5. The highest BCUT2D eigenvalue weighted by Crippen LogP contribution is 2.31. The standard InChI is InChI=1S/C11H16FNO/c1-7-5-8(11(2,3)13)10(14-4)9(12)6-7/h5-6H,13H2,1-4H3. The number of hydrogen-bond acceptors (Lipinski definition) is 2. The maximum Gasteiger partial charge on any atom is 0.165 e. The molecule has 0 atom stereocenters. The number of ether oxygens (including phenoxy) is 1. The third-order valence-corrected chi connectivity index (χ3v) is 2.09. The van der Waals surface area contributed by atoms with Crippen molar-refractivity contribution in [3.05, 3.63) is 29.1 Å². The van der Waals surface area contributed by atoms with Gasteiger partial charge in [-0.25, -0.2) is 4.39 Å². The van der Waals surface area contributed by atoms with Gasteiger partial charge in [0.25, 0.3) is 0 Å². The van der Waals surface area contributed by atoms with Crippen LogP contribution in [-0.4, -0.2) is 7.11 Å². The van der Waals surface area contributed by atoms with Gasteiger partial charge in [0.2, 0.25) is 0 Å². The van der Waals surface area contributed by atoms with Crippen molar-refractivity contribution >= 4 is 0 Å². The summed E-state index contributed by atoms with van der Waals surface area (Å²) in [5.74, 6) is -0.121. The van der Waals surface area contributed by atoms with Crippen LogP contribution in [0.15, 0.2) is 12.1 Å². The van der Waals surface area contributed by atoms with Gasteiger partial charge in [0, 0.05) is 11.1 Å². The second-order valence-electron chi connectivity index (χ2n) is 4.05. The molecule has 0 fully saturated rings. The second-order valence-corrected chi connectivity index (χ2v) is 4.05. The molecule has 0 radical (unpaired) electrons. The molecular weight excluding hydrogens is 181 g/mol. The van der Waals surface area contributed by atoms with Gasteiger partial charge >= 0.3 is 0 Å². The Morgan fingerprint density at radius 1 is 1.36 bits per heavy atom. The number of benzene rings is 1. The van der Waals surface area contributed by atoms with Crippen LogP contribution in [0, 0.1) is 12.7 Å². The first-order chi connectivity index (χ1) is 6.36. The predicted octanol–water partition coefficient (Wildman–Crippen LogP) is 2.34. The van der Waals surface area contributed by atoms with E-state index in [0.29, 0.717) is 5.56 Å². The van der Waals surface area contributed by atoms with Gasteiger partial charge in [-0.05, 0) is 32.4 Å². The van der Waals surface area contributed by atoms with Crippen LogP contribution < -0.4 is 10.5 Å². The third-order valence-electron chi connectivity index (χ3n) is 2.09. The second kappa shape index (κ2) is 3.58. The summed E-state index contributed by atoms with van der Waals surface area (Å²) >= 11 is 0. The molecule has 1 aromatic rings. The van der Waals surface area contributed by atoms with Crippen LogP contribution in [-0.2, 0) is 5.54 Å². The molecule has 0 saturated carbocycles. The lowest BCUT2D eigenvalue weighted by molar-refractivity contribution is 0.368.